The van der Waals surface area contributed by atoms with Crippen LogP contribution in [0.4, 0.5) is 5.69 Å². The number of carbonyl (C=O) groups excluding carboxylic acids is 3. The standard InChI is InChI=1S/C24H21N3O5/c1-14(24(31)32-4)25-22(29)15(2)27-13-12-20-19(6-5-7-21(20)23(27)30)17-8-10-18(11-9-17)26-16(3)28/h5-13H,1-2H2,3-4H3,(H,25,29)(H,26,28). The predicted octanol–water partition coefficient (Wildman–Crippen LogP) is 2.90. The minimum atomic E-state index is -0.800. The van der Waals surface area contributed by atoms with E-state index in [-0.39, 0.29) is 17.3 Å². The van der Waals surface area contributed by atoms with E-state index in [1.807, 2.05) is 18.2 Å². The number of carbonyl (C=O) groups is 3. The summed E-state index contributed by atoms with van der Waals surface area (Å²) in [6, 6.07) is 14.2. The maximum absolute atomic E-state index is 13.1. The van der Waals surface area contributed by atoms with Gasteiger partial charge in [0.05, 0.1) is 7.11 Å². The summed E-state index contributed by atoms with van der Waals surface area (Å²) in [5.41, 5.74) is 1.45. The minimum absolute atomic E-state index is 0.164. The highest BCUT2D eigenvalue weighted by Crippen LogP contribution is 2.28. The molecule has 0 bridgehead atoms. The summed E-state index contributed by atoms with van der Waals surface area (Å²) in [5.74, 6) is -1.72. The fourth-order valence-electron chi connectivity index (χ4n) is 3.17. The van der Waals surface area contributed by atoms with Crippen molar-refractivity contribution in [1.82, 2.24) is 9.88 Å². The Kier molecular flexibility index (Phi) is 6.34. The van der Waals surface area contributed by atoms with E-state index in [0.717, 1.165) is 22.8 Å². The molecule has 0 spiro atoms. The Hall–Kier alpha value is -4.46. The average Bonchev–Trinajstić information content (AvgIpc) is 2.78. The molecular formula is C24H21N3O5. The van der Waals surface area contributed by atoms with E-state index < -0.39 is 17.4 Å². The van der Waals surface area contributed by atoms with E-state index in [0.29, 0.717) is 16.5 Å². The SMILES string of the molecule is C=C(NC(=O)C(=C)n1ccc2c(-c3ccc(NC(C)=O)cc3)cccc2c1=O)C(=O)OC. The van der Waals surface area contributed by atoms with E-state index >= 15 is 0 Å². The summed E-state index contributed by atoms with van der Waals surface area (Å²) in [6.07, 6.45) is 1.45. The van der Waals surface area contributed by atoms with Crippen molar-refractivity contribution >= 4 is 39.9 Å². The van der Waals surface area contributed by atoms with Gasteiger partial charge in [0.2, 0.25) is 5.91 Å². The van der Waals surface area contributed by atoms with Crippen LogP contribution in [0.5, 0.6) is 0 Å². The van der Waals surface area contributed by atoms with Crippen molar-refractivity contribution in [3.05, 3.63) is 83.9 Å². The van der Waals surface area contributed by atoms with Crippen LogP contribution in [-0.2, 0) is 19.1 Å². The van der Waals surface area contributed by atoms with Crippen molar-refractivity contribution in [2.45, 2.75) is 6.92 Å². The molecule has 0 aliphatic carbocycles. The first-order valence-electron chi connectivity index (χ1n) is 9.53. The number of ether oxygens (including phenoxy) is 1. The van der Waals surface area contributed by atoms with Crippen LogP contribution in [-0.4, -0.2) is 29.5 Å². The summed E-state index contributed by atoms with van der Waals surface area (Å²) in [4.78, 5) is 48.1. The first-order valence-corrected chi connectivity index (χ1v) is 9.53. The number of benzene rings is 2. The molecule has 2 aromatic carbocycles. The van der Waals surface area contributed by atoms with Gasteiger partial charge in [-0.3, -0.25) is 19.0 Å². The highest BCUT2D eigenvalue weighted by Gasteiger charge is 2.17. The van der Waals surface area contributed by atoms with Crippen LogP contribution in [0.3, 0.4) is 0 Å². The van der Waals surface area contributed by atoms with Gasteiger partial charge < -0.3 is 15.4 Å². The molecule has 1 aromatic heterocycles. The fraction of sp³-hybridized carbons (Fsp3) is 0.0833. The maximum Gasteiger partial charge on any atom is 0.353 e. The fourth-order valence-corrected chi connectivity index (χ4v) is 3.17. The van der Waals surface area contributed by atoms with Crippen LogP contribution < -0.4 is 16.2 Å². The molecule has 0 unspecified atom stereocenters. The number of aromatic nitrogens is 1. The zero-order valence-electron chi connectivity index (χ0n) is 17.6. The van der Waals surface area contributed by atoms with E-state index in [1.54, 1.807) is 30.3 Å². The van der Waals surface area contributed by atoms with Crippen LogP contribution >= 0.6 is 0 Å². The lowest BCUT2D eigenvalue weighted by Crippen LogP contribution is -2.32. The molecular weight excluding hydrogens is 410 g/mol. The Morgan fingerprint density at radius 2 is 1.66 bits per heavy atom. The molecule has 2 N–H and O–H groups in total. The van der Waals surface area contributed by atoms with E-state index in [9.17, 15) is 19.2 Å². The summed E-state index contributed by atoms with van der Waals surface area (Å²) in [6.45, 7) is 8.52. The number of methoxy groups -OCH3 is 1. The molecule has 8 nitrogen and oxygen atoms in total. The molecule has 0 radical (unpaired) electrons. The normalized spacial score (nSPS) is 10.3. The van der Waals surface area contributed by atoms with Gasteiger partial charge in [0, 0.05) is 24.2 Å². The molecule has 0 atom stereocenters. The highest BCUT2D eigenvalue weighted by molar-refractivity contribution is 6.15. The molecule has 3 rings (SSSR count). The Balaban J connectivity index is 1.96. The largest absolute Gasteiger partial charge is 0.464 e. The first-order chi connectivity index (χ1) is 15.2. The number of rotatable bonds is 6. The van der Waals surface area contributed by atoms with Crippen molar-refractivity contribution in [2.24, 2.45) is 0 Å². The van der Waals surface area contributed by atoms with Gasteiger partial charge in [-0.25, -0.2) is 4.79 Å². The third-order valence-electron chi connectivity index (χ3n) is 4.71. The third kappa shape index (κ3) is 4.49. The predicted molar refractivity (Wildman–Crippen MR) is 123 cm³/mol. The Labute approximate surface area is 183 Å². The van der Waals surface area contributed by atoms with Gasteiger partial charge in [0.15, 0.2) is 0 Å². The maximum atomic E-state index is 13.1. The van der Waals surface area contributed by atoms with Gasteiger partial charge in [0.25, 0.3) is 11.5 Å². The Morgan fingerprint density at radius 1 is 0.969 bits per heavy atom. The van der Waals surface area contributed by atoms with Crippen molar-refractivity contribution in [3.63, 3.8) is 0 Å². The summed E-state index contributed by atoms with van der Waals surface area (Å²) in [5, 5.41) is 6.05. The van der Waals surface area contributed by atoms with Crippen LogP contribution in [0.1, 0.15) is 6.92 Å². The molecule has 0 aliphatic rings. The number of hydrogen-bond donors (Lipinski definition) is 2. The monoisotopic (exact) mass is 431 g/mol. The summed E-state index contributed by atoms with van der Waals surface area (Å²) < 4.78 is 5.59. The van der Waals surface area contributed by atoms with Crippen molar-refractivity contribution < 1.29 is 19.1 Å². The smallest absolute Gasteiger partial charge is 0.353 e. The molecule has 3 aromatic rings. The van der Waals surface area contributed by atoms with Gasteiger partial charge in [-0.15, -0.1) is 0 Å². The first kappa shape index (κ1) is 22.2. The summed E-state index contributed by atoms with van der Waals surface area (Å²) in [7, 11) is 1.16. The second-order valence-electron chi connectivity index (χ2n) is 6.89. The van der Waals surface area contributed by atoms with Gasteiger partial charge in [-0.05, 0) is 40.8 Å². The van der Waals surface area contributed by atoms with Crippen LogP contribution in [0.25, 0.3) is 27.6 Å². The number of pyridine rings is 1. The lowest BCUT2D eigenvalue weighted by Gasteiger charge is -2.13. The molecule has 8 heteroatoms. The van der Waals surface area contributed by atoms with E-state index in [2.05, 4.69) is 28.5 Å². The Bertz CT molecular complexity index is 1320. The third-order valence-corrected chi connectivity index (χ3v) is 4.71. The minimum Gasteiger partial charge on any atom is -0.464 e. The van der Waals surface area contributed by atoms with Crippen LogP contribution in [0.2, 0.25) is 0 Å². The zero-order chi connectivity index (χ0) is 23.4. The molecule has 32 heavy (non-hydrogen) atoms. The molecule has 162 valence electrons. The summed E-state index contributed by atoms with van der Waals surface area (Å²) >= 11 is 0. The second-order valence-corrected chi connectivity index (χ2v) is 6.89. The lowest BCUT2D eigenvalue weighted by atomic mass is 9.99. The van der Waals surface area contributed by atoms with E-state index in [4.69, 9.17) is 0 Å². The molecule has 2 amide bonds. The topological polar surface area (TPSA) is 107 Å². The number of anilines is 1. The highest BCUT2D eigenvalue weighted by atomic mass is 16.5. The van der Waals surface area contributed by atoms with Crippen LogP contribution in [0.15, 0.2) is 78.4 Å². The van der Waals surface area contributed by atoms with Gasteiger partial charge in [-0.2, -0.15) is 0 Å². The van der Waals surface area contributed by atoms with Crippen molar-refractivity contribution in [1.29, 1.82) is 0 Å². The average molecular weight is 431 g/mol. The Morgan fingerprint density at radius 3 is 2.28 bits per heavy atom. The number of amides is 2. The number of fused-ring (bicyclic) bond motifs is 1. The zero-order valence-corrected chi connectivity index (χ0v) is 17.6. The number of nitrogens with one attached hydrogen (secondary N) is 2. The van der Waals surface area contributed by atoms with Gasteiger partial charge in [0.1, 0.15) is 11.4 Å². The molecule has 0 saturated heterocycles. The number of hydrogen-bond acceptors (Lipinski definition) is 5. The number of nitrogens with zero attached hydrogens (tertiary/aromatic N) is 1. The molecule has 1 heterocycles. The van der Waals surface area contributed by atoms with Gasteiger partial charge in [-0.1, -0.05) is 37.4 Å². The van der Waals surface area contributed by atoms with Gasteiger partial charge >= 0.3 is 5.97 Å². The molecule has 0 fully saturated rings. The van der Waals surface area contributed by atoms with Crippen molar-refractivity contribution in [3.8, 4) is 11.1 Å². The van der Waals surface area contributed by atoms with Crippen LogP contribution in [0, 0.1) is 0 Å². The lowest BCUT2D eigenvalue weighted by molar-refractivity contribution is -0.137. The second kappa shape index (κ2) is 9.13. The molecule has 0 aliphatic heterocycles. The van der Waals surface area contributed by atoms with E-state index in [1.165, 1.54) is 13.1 Å². The number of esters is 1. The quantitative estimate of drug-likeness (QED) is 0.461. The molecule has 0 saturated carbocycles. The van der Waals surface area contributed by atoms with Crippen molar-refractivity contribution in [2.75, 3.05) is 12.4 Å².